The van der Waals surface area contributed by atoms with Crippen LogP contribution in [0.25, 0.3) is 0 Å². The highest BCUT2D eigenvalue weighted by molar-refractivity contribution is 7.89. The van der Waals surface area contributed by atoms with E-state index < -0.39 is 10.0 Å². The highest BCUT2D eigenvalue weighted by atomic mass is 35.5. The van der Waals surface area contributed by atoms with Gasteiger partial charge in [-0.1, -0.05) is 24.6 Å². The van der Waals surface area contributed by atoms with Gasteiger partial charge in [0.25, 0.3) is 0 Å². The van der Waals surface area contributed by atoms with Gasteiger partial charge in [-0.25, -0.2) is 8.42 Å². The molecule has 112 valence electrons. The minimum absolute atomic E-state index is 0.0304. The molecule has 0 aliphatic heterocycles. The summed E-state index contributed by atoms with van der Waals surface area (Å²) in [6, 6.07) is 4.81. The molecule has 0 bridgehead atoms. The molecule has 2 N–H and O–H groups in total. The molecule has 1 aliphatic carbocycles. The van der Waals surface area contributed by atoms with Gasteiger partial charge in [-0.05, 0) is 43.7 Å². The molecular formula is C14H21ClN2O2S. The topological polar surface area (TPSA) is 63.4 Å². The van der Waals surface area contributed by atoms with Gasteiger partial charge in [0, 0.05) is 13.1 Å². The number of nitrogens with two attached hydrogens (primary N) is 1. The monoisotopic (exact) mass is 316 g/mol. The zero-order valence-corrected chi connectivity index (χ0v) is 13.4. The number of nitrogen functional groups attached to an aromatic ring is 1. The van der Waals surface area contributed by atoms with E-state index in [2.05, 4.69) is 6.92 Å². The lowest BCUT2D eigenvalue weighted by Crippen LogP contribution is -2.39. The molecule has 1 aromatic carbocycles. The molecule has 0 amide bonds. The lowest BCUT2D eigenvalue weighted by Gasteiger charge is -2.33. The van der Waals surface area contributed by atoms with Gasteiger partial charge in [-0.3, -0.25) is 0 Å². The SMILES string of the molecule is CC1CCC(N(C)S(=O)(=O)c2c(N)cccc2Cl)CC1. The quantitative estimate of drug-likeness (QED) is 0.871. The number of benzene rings is 1. The highest BCUT2D eigenvalue weighted by Crippen LogP contribution is 2.34. The van der Waals surface area contributed by atoms with Crippen LogP contribution in [0.4, 0.5) is 5.69 Å². The fourth-order valence-corrected chi connectivity index (χ4v) is 4.79. The first-order valence-corrected chi connectivity index (χ1v) is 8.68. The zero-order chi connectivity index (χ0) is 14.9. The van der Waals surface area contributed by atoms with Crippen molar-refractivity contribution in [2.45, 2.75) is 43.5 Å². The van der Waals surface area contributed by atoms with Crippen molar-refractivity contribution in [2.75, 3.05) is 12.8 Å². The van der Waals surface area contributed by atoms with Gasteiger partial charge in [0.1, 0.15) is 4.90 Å². The minimum atomic E-state index is -3.64. The second kappa shape index (κ2) is 5.92. The second-order valence-corrected chi connectivity index (χ2v) is 7.93. The molecule has 0 heterocycles. The average molecular weight is 317 g/mol. The summed E-state index contributed by atoms with van der Waals surface area (Å²) < 4.78 is 26.9. The van der Waals surface area contributed by atoms with Gasteiger partial charge < -0.3 is 5.73 Å². The van der Waals surface area contributed by atoms with Crippen LogP contribution in [0.2, 0.25) is 5.02 Å². The molecule has 0 saturated heterocycles. The normalized spacial score (nSPS) is 24.0. The second-order valence-electron chi connectivity index (χ2n) is 5.59. The van der Waals surface area contributed by atoms with Crippen LogP contribution in [-0.2, 0) is 10.0 Å². The van der Waals surface area contributed by atoms with Crippen LogP contribution < -0.4 is 5.73 Å². The van der Waals surface area contributed by atoms with Gasteiger partial charge in [0.15, 0.2) is 0 Å². The standard InChI is InChI=1S/C14H21ClN2O2S/c1-10-6-8-11(9-7-10)17(2)20(18,19)14-12(15)4-3-5-13(14)16/h3-5,10-11H,6-9,16H2,1-2H3. The van der Waals surface area contributed by atoms with E-state index in [1.54, 1.807) is 25.2 Å². The van der Waals surface area contributed by atoms with Gasteiger partial charge in [0.05, 0.1) is 10.7 Å². The largest absolute Gasteiger partial charge is 0.398 e. The Balaban J connectivity index is 2.30. The van der Waals surface area contributed by atoms with Crippen molar-refractivity contribution in [1.82, 2.24) is 4.31 Å². The smallest absolute Gasteiger partial charge is 0.246 e. The van der Waals surface area contributed by atoms with E-state index in [0.717, 1.165) is 25.7 Å². The Morgan fingerprint density at radius 3 is 2.40 bits per heavy atom. The predicted molar refractivity (Wildman–Crippen MR) is 82.2 cm³/mol. The zero-order valence-electron chi connectivity index (χ0n) is 11.8. The Morgan fingerprint density at radius 2 is 1.85 bits per heavy atom. The lowest BCUT2D eigenvalue weighted by molar-refractivity contribution is 0.246. The number of halogens is 1. The third-order valence-electron chi connectivity index (χ3n) is 4.13. The van der Waals surface area contributed by atoms with E-state index in [1.165, 1.54) is 4.31 Å². The molecule has 1 aliphatic rings. The van der Waals surface area contributed by atoms with Crippen LogP contribution in [0.5, 0.6) is 0 Å². The first-order valence-electron chi connectivity index (χ1n) is 6.86. The summed E-state index contributed by atoms with van der Waals surface area (Å²) in [4.78, 5) is 0.0304. The summed E-state index contributed by atoms with van der Waals surface area (Å²) in [6.07, 6.45) is 3.90. The van der Waals surface area contributed by atoms with E-state index in [9.17, 15) is 8.42 Å². The summed E-state index contributed by atoms with van der Waals surface area (Å²) in [5.74, 6) is 0.674. The molecule has 20 heavy (non-hydrogen) atoms. The molecule has 0 spiro atoms. The number of hydrogen-bond donors (Lipinski definition) is 1. The number of rotatable bonds is 3. The van der Waals surface area contributed by atoms with Crippen molar-refractivity contribution in [1.29, 1.82) is 0 Å². The summed E-state index contributed by atoms with van der Waals surface area (Å²) in [5.41, 5.74) is 6.01. The van der Waals surface area contributed by atoms with E-state index in [1.807, 2.05) is 0 Å². The van der Waals surface area contributed by atoms with E-state index in [4.69, 9.17) is 17.3 Å². The molecule has 2 rings (SSSR count). The molecule has 6 heteroatoms. The third kappa shape index (κ3) is 2.95. The first-order chi connectivity index (χ1) is 9.34. The lowest BCUT2D eigenvalue weighted by atomic mass is 9.87. The molecule has 1 saturated carbocycles. The van der Waals surface area contributed by atoms with Crippen LogP contribution >= 0.6 is 11.6 Å². The molecule has 1 aromatic rings. The number of anilines is 1. The molecule has 0 atom stereocenters. The Kier molecular flexibility index (Phi) is 4.62. The fraction of sp³-hybridized carbons (Fsp3) is 0.571. The highest BCUT2D eigenvalue weighted by Gasteiger charge is 2.32. The average Bonchev–Trinajstić information content (AvgIpc) is 2.38. The molecule has 4 nitrogen and oxygen atoms in total. The van der Waals surface area contributed by atoms with Crippen LogP contribution in [0.3, 0.4) is 0 Å². The van der Waals surface area contributed by atoms with Gasteiger partial charge in [0.2, 0.25) is 10.0 Å². The van der Waals surface area contributed by atoms with Crippen LogP contribution in [-0.4, -0.2) is 25.8 Å². The predicted octanol–water partition coefficient (Wildman–Crippen LogP) is 3.12. The fourth-order valence-electron chi connectivity index (χ4n) is 2.74. The summed E-state index contributed by atoms with van der Waals surface area (Å²) in [5, 5.41) is 0.182. The molecule has 0 radical (unpaired) electrons. The van der Waals surface area contributed by atoms with Crippen LogP contribution in [0, 0.1) is 5.92 Å². The maximum absolute atomic E-state index is 12.7. The summed E-state index contributed by atoms with van der Waals surface area (Å²) in [7, 11) is -2.02. The first kappa shape index (κ1) is 15.6. The van der Waals surface area contributed by atoms with Crippen molar-refractivity contribution in [3.63, 3.8) is 0 Å². The van der Waals surface area contributed by atoms with Gasteiger partial charge in [-0.2, -0.15) is 4.31 Å². The number of sulfonamides is 1. The maximum Gasteiger partial charge on any atom is 0.246 e. The molecule has 0 unspecified atom stereocenters. The Morgan fingerprint density at radius 1 is 1.25 bits per heavy atom. The third-order valence-corrected chi connectivity index (χ3v) is 6.59. The van der Waals surface area contributed by atoms with Crippen LogP contribution in [0.1, 0.15) is 32.6 Å². The van der Waals surface area contributed by atoms with Crippen molar-refractivity contribution < 1.29 is 8.42 Å². The van der Waals surface area contributed by atoms with Crippen LogP contribution in [0.15, 0.2) is 23.1 Å². The van der Waals surface area contributed by atoms with Crippen molar-refractivity contribution in [3.05, 3.63) is 23.2 Å². The number of nitrogens with zero attached hydrogens (tertiary/aromatic N) is 1. The van der Waals surface area contributed by atoms with Gasteiger partial charge in [-0.15, -0.1) is 0 Å². The van der Waals surface area contributed by atoms with Gasteiger partial charge >= 0.3 is 0 Å². The summed E-state index contributed by atoms with van der Waals surface area (Å²) >= 11 is 6.03. The van der Waals surface area contributed by atoms with E-state index >= 15 is 0 Å². The Hall–Kier alpha value is -0.780. The minimum Gasteiger partial charge on any atom is -0.398 e. The molecule has 1 fully saturated rings. The Labute approximate surface area is 126 Å². The molecule has 0 aromatic heterocycles. The number of hydrogen-bond acceptors (Lipinski definition) is 3. The summed E-state index contributed by atoms with van der Waals surface area (Å²) in [6.45, 7) is 2.21. The molecular weight excluding hydrogens is 296 g/mol. The maximum atomic E-state index is 12.7. The van der Waals surface area contributed by atoms with E-state index in [-0.39, 0.29) is 21.6 Å². The van der Waals surface area contributed by atoms with E-state index in [0.29, 0.717) is 5.92 Å². The van der Waals surface area contributed by atoms with Crippen molar-refractivity contribution in [3.8, 4) is 0 Å². The van der Waals surface area contributed by atoms with Crippen molar-refractivity contribution in [2.24, 2.45) is 5.92 Å². The van der Waals surface area contributed by atoms with Crippen molar-refractivity contribution >= 4 is 27.3 Å². The Bertz CT molecular complexity index is 561.